The van der Waals surface area contributed by atoms with E-state index in [-0.39, 0.29) is 0 Å². The zero-order valence-corrected chi connectivity index (χ0v) is 25.9. The fourth-order valence-corrected chi connectivity index (χ4v) is 5.45. The molecule has 0 heteroatoms. The number of hydrogen-bond donors (Lipinski definition) is 0. The third kappa shape index (κ3) is 33.7. The molecule has 0 aromatic carbocycles. The highest BCUT2D eigenvalue weighted by Gasteiger charge is 1.97. The van der Waals surface area contributed by atoms with Crippen LogP contribution in [0, 0.1) is 5.92 Å². The van der Waals surface area contributed by atoms with Crippen LogP contribution in [0.5, 0.6) is 0 Å². The van der Waals surface area contributed by atoms with Gasteiger partial charge >= 0.3 is 0 Å². The van der Waals surface area contributed by atoms with Gasteiger partial charge in [-0.05, 0) is 31.6 Å². The van der Waals surface area contributed by atoms with E-state index in [0.717, 1.165) is 5.92 Å². The maximum absolute atomic E-state index is 2.45. The van der Waals surface area contributed by atoms with Crippen molar-refractivity contribution >= 4 is 0 Å². The molecule has 0 N–H and O–H groups in total. The van der Waals surface area contributed by atoms with Crippen molar-refractivity contribution in [3.05, 3.63) is 12.2 Å². The second-order valence-corrected chi connectivity index (χ2v) is 12.4. The summed E-state index contributed by atoms with van der Waals surface area (Å²) in [5.41, 5.74) is 0. The zero-order chi connectivity index (χ0) is 26.2. The fraction of sp³-hybridized carbons (Fsp3) is 0.944. The minimum absolute atomic E-state index is 0.895. The lowest BCUT2D eigenvalue weighted by Crippen LogP contribution is -1.87. The van der Waals surface area contributed by atoms with Crippen molar-refractivity contribution in [1.82, 2.24) is 0 Å². The molecule has 0 atom stereocenters. The van der Waals surface area contributed by atoms with Crippen LogP contribution in [0.4, 0.5) is 0 Å². The highest BCUT2D eigenvalue weighted by molar-refractivity contribution is 4.81. The molecule has 36 heavy (non-hydrogen) atoms. The molecule has 0 aliphatic carbocycles. The number of hydrogen-bond acceptors (Lipinski definition) is 0. The Morgan fingerprint density at radius 2 is 0.583 bits per heavy atom. The van der Waals surface area contributed by atoms with E-state index in [1.807, 2.05) is 0 Å². The Labute approximate surface area is 231 Å². The number of allylic oxidation sites excluding steroid dienone is 2. The first-order valence-corrected chi connectivity index (χ1v) is 17.4. The third-order valence-electron chi connectivity index (χ3n) is 8.04. The number of unbranched alkanes of at least 4 members (excludes halogenated alkanes) is 27. The van der Waals surface area contributed by atoms with Gasteiger partial charge in [-0.15, -0.1) is 0 Å². The van der Waals surface area contributed by atoms with Crippen LogP contribution < -0.4 is 0 Å². The topological polar surface area (TPSA) is 0 Å². The largest absolute Gasteiger partial charge is 0.0885 e. The molecule has 0 bridgehead atoms. The molecule has 0 saturated heterocycles. The van der Waals surface area contributed by atoms with Gasteiger partial charge in [0.05, 0.1) is 0 Å². The molecule has 0 unspecified atom stereocenters. The fourth-order valence-electron chi connectivity index (χ4n) is 5.45. The summed E-state index contributed by atoms with van der Waals surface area (Å²) in [7, 11) is 0. The lowest BCUT2D eigenvalue weighted by atomic mass is 10.0. The second-order valence-electron chi connectivity index (χ2n) is 12.4. The highest BCUT2D eigenvalue weighted by Crippen LogP contribution is 2.16. The number of rotatable bonds is 31. The summed E-state index contributed by atoms with van der Waals surface area (Å²) in [6.07, 6.45) is 48.4. The van der Waals surface area contributed by atoms with Gasteiger partial charge in [0.1, 0.15) is 0 Å². The molecule has 0 nitrogen and oxygen atoms in total. The highest BCUT2D eigenvalue weighted by atomic mass is 14.0. The molecule has 216 valence electrons. The Morgan fingerprint density at radius 3 is 0.861 bits per heavy atom. The van der Waals surface area contributed by atoms with E-state index >= 15 is 0 Å². The molecule has 0 aromatic rings. The summed E-state index contributed by atoms with van der Waals surface area (Å²) in [6.45, 7) is 6.99. The van der Waals surface area contributed by atoms with Gasteiger partial charge in [-0.3, -0.25) is 0 Å². The molecule has 0 saturated carbocycles. The summed E-state index contributed by atoms with van der Waals surface area (Å²) in [6, 6.07) is 0. The van der Waals surface area contributed by atoms with Crippen LogP contribution in [-0.2, 0) is 0 Å². The Bertz CT molecular complexity index is 393. The molecule has 0 aromatic heterocycles. The van der Waals surface area contributed by atoms with E-state index in [0.29, 0.717) is 0 Å². The molecule has 0 radical (unpaired) electrons. The van der Waals surface area contributed by atoms with Crippen LogP contribution in [0.3, 0.4) is 0 Å². The molecule has 0 spiro atoms. The first-order valence-electron chi connectivity index (χ1n) is 17.4. The van der Waals surface area contributed by atoms with Crippen molar-refractivity contribution in [3.63, 3.8) is 0 Å². The minimum Gasteiger partial charge on any atom is -0.0885 e. The lowest BCUT2D eigenvalue weighted by molar-refractivity contribution is 0.500. The molecule has 0 heterocycles. The molecule has 0 fully saturated rings. The Kier molecular flexibility index (Phi) is 32.5. The summed E-state index contributed by atoms with van der Waals surface area (Å²) >= 11 is 0. The average Bonchev–Trinajstić information content (AvgIpc) is 2.87. The minimum atomic E-state index is 0.895. The van der Waals surface area contributed by atoms with Crippen molar-refractivity contribution in [2.75, 3.05) is 0 Å². The summed E-state index contributed by atoms with van der Waals surface area (Å²) in [4.78, 5) is 0. The predicted molar refractivity (Wildman–Crippen MR) is 168 cm³/mol. The van der Waals surface area contributed by atoms with Crippen LogP contribution in [0.15, 0.2) is 12.2 Å². The maximum Gasteiger partial charge on any atom is -0.0351 e. The van der Waals surface area contributed by atoms with Gasteiger partial charge in [-0.1, -0.05) is 200 Å². The smallest absolute Gasteiger partial charge is 0.0351 e. The van der Waals surface area contributed by atoms with Crippen LogP contribution >= 0.6 is 0 Å². The maximum atomic E-state index is 2.45. The third-order valence-corrected chi connectivity index (χ3v) is 8.04. The first kappa shape index (κ1) is 35.7. The summed E-state index contributed by atoms with van der Waals surface area (Å²) in [5.74, 6) is 0.895. The SMILES string of the molecule is CCCCCCCC/C=C\CCCCCCCCCCCCCCCCCCCCCCCC(C)C. The quantitative estimate of drug-likeness (QED) is 0.0650. The van der Waals surface area contributed by atoms with Gasteiger partial charge in [-0.25, -0.2) is 0 Å². The first-order chi connectivity index (χ1) is 17.8. The van der Waals surface area contributed by atoms with Crippen molar-refractivity contribution < 1.29 is 0 Å². The van der Waals surface area contributed by atoms with E-state index < -0.39 is 0 Å². The predicted octanol–water partition coefficient (Wildman–Crippen LogP) is 13.9. The van der Waals surface area contributed by atoms with E-state index in [1.165, 1.54) is 193 Å². The zero-order valence-electron chi connectivity index (χ0n) is 25.9. The molecule has 0 amide bonds. The molecule has 0 aliphatic rings. The van der Waals surface area contributed by atoms with Crippen molar-refractivity contribution in [1.29, 1.82) is 0 Å². The van der Waals surface area contributed by atoms with Gasteiger partial charge < -0.3 is 0 Å². The Morgan fingerprint density at radius 1 is 0.333 bits per heavy atom. The van der Waals surface area contributed by atoms with Gasteiger partial charge in [-0.2, -0.15) is 0 Å². The summed E-state index contributed by atoms with van der Waals surface area (Å²) < 4.78 is 0. The van der Waals surface area contributed by atoms with Gasteiger partial charge in [0.25, 0.3) is 0 Å². The standard InChI is InChI=1S/C36H72/c1-4-5-6-7-8-9-10-11-12-13-14-15-16-17-18-19-20-21-22-23-24-25-26-27-28-29-30-31-32-33-34-35-36(2)3/h11-12,36H,4-10,13-35H2,1-3H3/b12-11-. The van der Waals surface area contributed by atoms with Gasteiger partial charge in [0.15, 0.2) is 0 Å². The van der Waals surface area contributed by atoms with Crippen LogP contribution in [0.25, 0.3) is 0 Å². The van der Waals surface area contributed by atoms with Crippen LogP contribution in [0.1, 0.15) is 213 Å². The van der Waals surface area contributed by atoms with Crippen molar-refractivity contribution in [3.8, 4) is 0 Å². The monoisotopic (exact) mass is 505 g/mol. The average molecular weight is 505 g/mol. The second kappa shape index (κ2) is 32.8. The van der Waals surface area contributed by atoms with Crippen molar-refractivity contribution in [2.45, 2.75) is 213 Å². The van der Waals surface area contributed by atoms with E-state index in [9.17, 15) is 0 Å². The Hall–Kier alpha value is -0.260. The Balaban J connectivity index is 3.06. The summed E-state index contributed by atoms with van der Waals surface area (Å²) in [5, 5.41) is 0. The molecule has 0 aliphatic heterocycles. The normalized spacial score (nSPS) is 11.9. The van der Waals surface area contributed by atoms with Crippen molar-refractivity contribution in [2.24, 2.45) is 5.92 Å². The van der Waals surface area contributed by atoms with Crippen LogP contribution in [0.2, 0.25) is 0 Å². The van der Waals surface area contributed by atoms with E-state index in [4.69, 9.17) is 0 Å². The van der Waals surface area contributed by atoms with Gasteiger partial charge in [0.2, 0.25) is 0 Å². The molecule has 0 rings (SSSR count). The molecular formula is C36H72. The molecular weight excluding hydrogens is 432 g/mol. The van der Waals surface area contributed by atoms with E-state index in [1.54, 1.807) is 0 Å². The van der Waals surface area contributed by atoms with Gasteiger partial charge in [0, 0.05) is 0 Å². The lowest BCUT2D eigenvalue weighted by Gasteiger charge is -2.05. The van der Waals surface area contributed by atoms with E-state index in [2.05, 4.69) is 32.9 Å². The van der Waals surface area contributed by atoms with Crippen LogP contribution in [-0.4, -0.2) is 0 Å².